The SMILES string of the molecule is CCn1cc(C2CCN(Cc3cccc(C(=O)O)c3OC)CC2)c2cc(Cl)ccc21. The van der Waals surface area contributed by atoms with Gasteiger partial charge in [-0.2, -0.15) is 0 Å². The van der Waals surface area contributed by atoms with E-state index < -0.39 is 5.97 Å². The number of benzene rings is 2. The van der Waals surface area contributed by atoms with Crippen LogP contribution in [0.2, 0.25) is 5.02 Å². The van der Waals surface area contributed by atoms with Crippen molar-refractivity contribution in [2.75, 3.05) is 20.2 Å². The highest BCUT2D eigenvalue weighted by Gasteiger charge is 2.25. The molecule has 0 aliphatic carbocycles. The third-order valence-electron chi connectivity index (χ3n) is 6.17. The highest BCUT2D eigenvalue weighted by Crippen LogP contribution is 2.36. The van der Waals surface area contributed by atoms with Crippen LogP contribution >= 0.6 is 11.6 Å². The minimum atomic E-state index is -0.960. The van der Waals surface area contributed by atoms with Crippen LogP contribution in [-0.4, -0.2) is 40.7 Å². The van der Waals surface area contributed by atoms with Crippen molar-refractivity contribution >= 4 is 28.5 Å². The second kappa shape index (κ2) is 8.70. The van der Waals surface area contributed by atoms with Gasteiger partial charge in [0, 0.05) is 40.8 Å². The standard InChI is InChI=1S/C24H27ClN2O3/c1-3-27-15-21(20-13-18(25)7-8-22(20)27)16-9-11-26(12-10-16)14-17-5-4-6-19(24(28)29)23(17)30-2/h4-8,13,15-16H,3,9-12,14H2,1-2H3,(H,28,29). The number of carboxylic acids is 1. The number of nitrogens with zero attached hydrogens (tertiary/aromatic N) is 2. The lowest BCUT2D eigenvalue weighted by molar-refractivity contribution is 0.0693. The normalized spacial score (nSPS) is 15.6. The summed E-state index contributed by atoms with van der Waals surface area (Å²) in [4.78, 5) is 13.9. The zero-order chi connectivity index (χ0) is 21.3. The van der Waals surface area contributed by atoms with Crippen LogP contribution in [0.4, 0.5) is 0 Å². The molecule has 6 heteroatoms. The lowest BCUT2D eigenvalue weighted by Gasteiger charge is -2.32. The largest absolute Gasteiger partial charge is 0.496 e. The average molecular weight is 427 g/mol. The highest BCUT2D eigenvalue weighted by molar-refractivity contribution is 6.31. The number of rotatable bonds is 6. The molecule has 2 aromatic carbocycles. The molecular formula is C24H27ClN2O3. The summed E-state index contributed by atoms with van der Waals surface area (Å²) in [5.41, 5.74) is 3.77. The molecule has 0 bridgehead atoms. The maximum atomic E-state index is 11.5. The number of carbonyl (C=O) groups is 1. The molecule has 1 aliphatic heterocycles. The highest BCUT2D eigenvalue weighted by atomic mass is 35.5. The molecule has 2 heterocycles. The van der Waals surface area contributed by atoms with E-state index in [2.05, 4.69) is 34.7 Å². The number of halogens is 1. The molecule has 5 nitrogen and oxygen atoms in total. The minimum Gasteiger partial charge on any atom is -0.496 e. The van der Waals surface area contributed by atoms with E-state index >= 15 is 0 Å². The maximum absolute atomic E-state index is 11.5. The summed E-state index contributed by atoms with van der Waals surface area (Å²) < 4.78 is 7.72. The Kier molecular flexibility index (Phi) is 6.02. The lowest BCUT2D eigenvalue weighted by Crippen LogP contribution is -2.32. The van der Waals surface area contributed by atoms with Crippen molar-refractivity contribution in [2.45, 2.75) is 38.8 Å². The molecule has 0 unspecified atom stereocenters. The maximum Gasteiger partial charge on any atom is 0.339 e. The smallest absolute Gasteiger partial charge is 0.339 e. The van der Waals surface area contributed by atoms with Gasteiger partial charge in [-0.05, 0) is 68.6 Å². The number of piperidine rings is 1. The number of aryl methyl sites for hydroxylation is 1. The molecule has 4 rings (SSSR count). The van der Waals surface area contributed by atoms with Crippen molar-refractivity contribution in [3.05, 3.63) is 64.3 Å². The molecule has 1 fully saturated rings. The van der Waals surface area contributed by atoms with E-state index in [-0.39, 0.29) is 5.56 Å². The topological polar surface area (TPSA) is 54.7 Å². The van der Waals surface area contributed by atoms with Gasteiger partial charge in [-0.25, -0.2) is 4.79 Å². The number of fused-ring (bicyclic) bond motifs is 1. The van der Waals surface area contributed by atoms with Crippen molar-refractivity contribution < 1.29 is 14.6 Å². The van der Waals surface area contributed by atoms with Gasteiger partial charge in [-0.3, -0.25) is 4.90 Å². The third kappa shape index (κ3) is 3.92. The van der Waals surface area contributed by atoms with Gasteiger partial charge in [0.25, 0.3) is 0 Å². The van der Waals surface area contributed by atoms with Crippen LogP contribution in [0.1, 0.15) is 47.2 Å². The molecule has 1 N–H and O–H groups in total. The summed E-state index contributed by atoms with van der Waals surface area (Å²) >= 11 is 6.29. The Balaban J connectivity index is 1.50. The first kappa shape index (κ1) is 20.8. The van der Waals surface area contributed by atoms with Crippen molar-refractivity contribution in [3.8, 4) is 5.75 Å². The van der Waals surface area contributed by atoms with Crippen LogP contribution in [0.15, 0.2) is 42.6 Å². The van der Waals surface area contributed by atoms with Crippen molar-refractivity contribution in [1.29, 1.82) is 0 Å². The number of para-hydroxylation sites is 1. The van der Waals surface area contributed by atoms with Crippen LogP contribution < -0.4 is 4.74 Å². The molecule has 0 spiro atoms. The van der Waals surface area contributed by atoms with E-state index in [4.69, 9.17) is 16.3 Å². The van der Waals surface area contributed by atoms with Gasteiger partial charge in [0.2, 0.25) is 0 Å². The Morgan fingerprint density at radius 3 is 2.67 bits per heavy atom. The first-order valence-electron chi connectivity index (χ1n) is 10.4. The van der Waals surface area contributed by atoms with Gasteiger partial charge in [0.05, 0.1) is 7.11 Å². The number of hydrogen-bond donors (Lipinski definition) is 1. The molecule has 158 valence electrons. The second-order valence-electron chi connectivity index (χ2n) is 7.89. The Morgan fingerprint density at radius 2 is 2.00 bits per heavy atom. The molecule has 0 saturated carbocycles. The number of aromatic carboxylic acids is 1. The molecule has 1 saturated heterocycles. The van der Waals surface area contributed by atoms with Gasteiger partial charge in [0.1, 0.15) is 11.3 Å². The number of ether oxygens (including phenoxy) is 1. The Morgan fingerprint density at radius 1 is 1.23 bits per heavy atom. The predicted octanol–water partition coefficient (Wildman–Crippen LogP) is 5.40. The monoisotopic (exact) mass is 426 g/mol. The average Bonchev–Trinajstić information content (AvgIpc) is 3.11. The van der Waals surface area contributed by atoms with Crippen LogP contribution in [0.25, 0.3) is 10.9 Å². The van der Waals surface area contributed by atoms with Gasteiger partial charge < -0.3 is 14.4 Å². The molecule has 30 heavy (non-hydrogen) atoms. The van der Waals surface area contributed by atoms with Crippen molar-refractivity contribution in [1.82, 2.24) is 9.47 Å². The molecule has 3 aromatic rings. The fourth-order valence-corrected chi connectivity index (χ4v) is 4.82. The van der Waals surface area contributed by atoms with E-state index in [0.29, 0.717) is 18.2 Å². The van der Waals surface area contributed by atoms with E-state index in [1.807, 2.05) is 12.1 Å². The van der Waals surface area contributed by atoms with E-state index in [0.717, 1.165) is 43.1 Å². The number of likely N-dealkylation sites (tertiary alicyclic amines) is 1. The van der Waals surface area contributed by atoms with E-state index in [1.165, 1.54) is 23.6 Å². The van der Waals surface area contributed by atoms with Gasteiger partial charge in [-0.15, -0.1) is 0 Å². The van der Waals surface area contributed by atoms with Crippen molar-refractivity contribution in [2.24, 2.45) is 0 Å². The van der Waals surface area contributed by atoms with Gasteiger partial charge in [-0.1, -0.05) is 23.7 Å². The van der Waals surface area contributed by atoms with Crippen LogP contribution in [0.3, 0.4) is 0 Å². The molecule has 0 amide bonds. The Labute approximate surface area is 181 Å². The summed E-state index contributed by atoms with van der Waals surface area (Å²) in [6.45, 7) is 5.73. The first-order chi connectivity index (χ1) is 14.5. The zero-order valence-electron chi connectivity index (χ0n) is 17.4. The Bertz CT molecular complexity index is 1070. The number of aromatic nitrogens is 1. The van der Waals surface area contributed by atoms with Gasteiger partial charge in [0.15, 0.2) is 0 Å². The first-order valence-corrected chi connectivity index (χ1v) is 10.8. The fourth-order valence-electron chi connectivity index (χ4n) is 4.65. The van der Waals surface area contributed by atoms with Crippen LogP contribution in [0.5, 0.6) is 5.75 Å². The summed E-state index contributed by atoms with van der Waals surface area (Å²) in [7, 11) is 1.53. The summed E-state index contributed by atoms with van der Waals surface area (Å²) in [5.74, 6) is 0.00781. The molecule has 1 aliphatic rings. The van der Waals surface area contributed by atoms with Gasteiger partial charge >= 0.3 is 5.97 Å². The zero-order valence-corrected chi connectivity index (χ0v) is 18.2. The Hall–Kier alpha value is -2.50. The molecular weight excluding hydrogens is 400 g/mol. The summed E-state index contributed by atoms with van der Waals surface area (Å²) in [6.07, 6.45) is 4.42. The number of carboxylic acid groups (broad SMARTS) is 1. The number of methoxy groups -OCH3 is 1. The van der Waals surface area contributed by atoms with E-state index in [1.54, 1.807) is 12.1 Å². The summed E-state index contributed by atoms with van der Waals surface area (Å²) in [5, 5.41) is 11.5. The minimum absolute atomic E-state index is 0.217. The van der Waals surface area contributed by atoms with Crippen LogP contribution in [-0.2, 0) is 13.1 Å². The van der Waals surface area contributed by atoms with E-state index in [9.17, 15) is 9.90 Å². The lowest BCUT2D eigenvalue weighted by atomic mass is 9.89. The number of hydrogen-bond acceptors (Lipinski definition) is 3. The molecule has 1 aromatic heterocycles. The summed E-state index contributed by atoms with van der Waals surface area (Å²) in [6, 6.07) is 11.5. The van der Waals surface area contributed by atoms with Crippen LogP contribution in [0, 0.1) is 0 Å². The quantitative estimate of drug-likeness (QED) is 0.573. The molecule has 0 atom stereocenters. The second-order valence-corrected chi connectivity index (χ2v) is 8.32. The molecule has 0 radical (unpaired) electrons. The third-order valence-corrected chi connectivity index (χ3v) is 6.40. The van der Waals surface area contributed by atoms with Crippen molar-refractivity contribution in [3.63, 3.8) is 0 Å². The fraction of sp³-hybridized carbons (Fsp3) is 0.375. The predicted molar refractivity (Wildman–Crippen MR) is 120 cm³/mol.